The van der Waals surface area contributed by atoms with E-state index in [4.69, 9.17) is 10.5 Å². The topological polar surface area (TPSA) is 64.3 Å². The van der Waals surface area contributed by atoms with Crippen LogP contribution in [0.2, 0.25) is 0 Å². The minimum absolute atomic E-state index is 0. The SMILES string of the molecule is CC(C)c1ccc(C(N)CNC(=O)C2(c3ccc(F)cc3)CCOCC2)cc1.Cl. The molecule has 1 fully saturated rings. The van der Waals surface area contributed by atoms with E-state index in [-0.39, 0.29) is 30.2 Å². The van der Waals surface area contributed by atoms with Crippen LogP contribution in [0, 0.1) is 5.82 Å². The fraction of sp³-hybridized carbons (Fsp3) is 0.435. The number of amides is 1. The van der Waals surface area contributed by atoms with Crippen molar-refractivity contribution >= 4 is 18.3 Å². The fourth-order valence-corrected chi connectivity index (χ4v) is 3.75. The van der Waals surface area contributed by atoms with Gasteiger partial charge < -0.3 is 15.8 Å². The van der Waals surface area contributed by atoms with Crippen LogP contribution >= 0.6 is 12.4 Å². The van der Waals surface area contributed by atoms with Gasteiger partial charge in [0.15, 0.2) is 0 Å². The summed E-state index contributed by atoms with van der Waals surface area (Å²) in [5.41, 5.74) is 8.69. The number of hydrogen-bond donors (Lipinski definition) is 2. The molecule has 3 N–H and O–H groups in total. The van der Waals surface area contributed by atoms with Gasteiger partial charge in [0.1, 0.15) is 5.82 Å². The largest absolute Gasteiger partial charge is 0.381 e. The summed E-state index contributed by atoms with van der Waals surface area (Å²) in [5, 5.41) is 3.03. The van der Waals surface area contributed by atoms with E-state index >= 15 is 0 Å². The minimum atomic E-state index is -0.701. The Kier molecular flexibility index (Phi) is 8.20. The normalized spacial score (nSPS) is 16.7. The highest BCUT2D eigenvalue weighted by atomic mass is 35.5. The Labute approximate surface area is 178 Å². The lowest BCUT2D eigenvalue weighted by Crippen LogP contribution is -2.49. The molecule has 0 bridgehead atoms. The van der Waals surface area contributed by atoms with Crippen LogP contribution in [0.25, 0.3) is 0 Å². The van der Waals surface area contributed by atoms with Gasteiger partial charge in [-0.05, 0) is 47.6 Å². The summed E-state index contributed by atoms with van der Waals surface area (Å²) in [6, 6.07) is 14.1. The summed E-state index contributed by atoms with van der Waals surface area (Å²) in [7, 11) is 0. The molecule has 1 unspecified atom stereocenters. The molecule has 0 aliphatic carbocycles. The zero-order valence-corrected chi connectivity index (χ0v) is 17.8. The van der Waals surface area contributed by atoms with Crippen molar-refractivity contribution in [1.29, 1.82) is 0 Å². The third kappa shape index (κ3) is 5.35. The van der Waals surface area contributed by atoms with Gasteiger partial charge in [-0.1, -0.05) is 50.2 Å². The molecule has 2 aromatic carbocycles. The number of carbonyl (C=O) groups is 1. The first-order valence-electron chi connectivity index (χ1n) is 9.90. The number of halogens is 2. The van der Waals surface area contributed by atoms with Gasteiger partial charge in [0, 0.05) is 25.8 Å². The third-order valence-corrected chi connectivity index (χ3v) is 5.69. The number of ether oxygens (including phenoxy) is 1. The molecule has 158 valence electrons. The first kappa shape index (κ1) is 23.3. The number of carbonyl (C=O) groups excluding carboxylic acids is 1. The van der Waals surface area contributed by atoms with E-state index in [9.17, 15) is 9.18 Å². The number of nitrogens with one attached hydrogen (secondary N) is 1. The van der Waals surface area contributed by atoms with Crippen LogP contribution in [-0.4, -0.2) is 25.7 Å². The standard InChI is InChI=1S/C23H29FN2O2.ClH/c1-16(2)17-3-5-18(6-4-17)21(25)15-26-22(27)23(11-13-28-14-12-23)19-7-9-20(24)10-8-19;/h3-10,16,21H,11-15,25H2,1-2H3,(H,26,27);1H. The van der Waals surface area contributed by atoms with Crippen LogP contribution in [0.15, 0.2) is 48.5 Å². The van der Waals surface area contributed by atoms with E-state index in [0.29, 0.717) is 38.5 Å². The van der Waals surface area contributed by atoms with Crippen LogP contribution < -0.4 is 11.1 Å². The number of rotatable bonds is 6. The zero-order chi connectivity index (χ0) is 20.1. The highest BCUT2D eigenvalue weighted by Crippen LogP contribution is 2.35. The Morgan fingerprint density at radius 3 is 2.17 bits per heavy atom. The van der Waals surface area contributed by atoms with Crippen LogP contribution in [0.1, 0.15) is 55.3 Å². The van der Waals surface area contributed by atoms with Gasteiger partial charge in [0.05, 0.1) is 5.41 Å². The first-order chi connectivity index (χ1) is 13.4. The fourth-order valence-electron chi connectivity index (χ4n) is 3.75. The molecule has 0 saturated carbocycles. The number of hydrogen-bond acceptors (Lipinski definition) is 3. The molecule has 2 aromatic rings. The predicted octanol–water partition coefficient (Wildman–Crippen LogP) is 4.24. The molecule has 29 heavy (non-hydrogen) atoms. The second-order valence-corrected chi connectivity index (χ2v) is 7.84. The summed E-state index contributed by atoms with van der Waals surface area (Å²) in [6.45, 7) is 5.67. The Hall–Kier alpha value is -1.95. The maximum atomic E-state index is 13.4. The Bertz CT molecular complexity index is 788. The van der Waals surface area contributed by atoms with Crippen LogP contribution in [-0.2, 0) is 14.9 Å². The molecule has 0 spiro atoms. The van der Waals surface area contributed by atoms with E-state index in [1.54, 1.807) is 12.1 Å². The van der Waals surface area contributed by atoms with Crippen molar-refractivity contribution in [2.75, 3.05) is 19.8 Å². The monoisotopic (exact) mass is 420 g/mol. The van der Waals surface area contributed by atoms with Gasteiger partial charge in [-0.3, -0.25) is 4.79 Å². The van der Waals surface area contributed by atoms with Crippen molar-refractivity contribution < 1.29 is 13.9 Å². The van der Waals surface area contributed by atoms with E-state index in [1.807, 2.05) is 12.1 Å². The van der Waals surface area contributed by atoms with E-state index in [0.717, 1.165) is 11.1 Å². The van der Waals surface area contributed by atoms with Gasteiger partial charge in [-0.25, -0.2) is 4.39 Å². The lowest BCUT2D eigenvalue weighted by atomic mass is 9.73. The van der Waals surface area contributed by atoms with Gasteiger partial charge >= 0.3 is 0 Å². The molecule has 1 aliphatic heterocycles. The molecule has 0 aromatic heterocycles. The average molecular weight is 421 g/mol. The highest BCUT2D eigenvalue weighted by Gasteiger charge is 2.41. The zero-order valence-electron chi connectivity index (χ0n) is 17.0. The average Bonchev–Trinajstić information content (AvgIpc) is 2.72. The molecule has 1 aliphatic rings. The minimum Gasteiger partial charge on any atom is -0.381 e. The second-order valence-electron chi connectivity index (χ2n) is 7.84. The molecule has 1 saturated heterocycles. The van der Waals surface area contributed by atoms with Gasteiger partial charge in [0.2, 0.25) is 5.91 Å². The van der Waals surface area contributed by atoms with Crippen molar-refractivity contribution in [3.05, 3.63) is 71.0 Å². The number of benzene rings is 2. The summed E-state index contributed by atoms with van der Waals surface area (Å²) in [6.07, 6.45) is 1.14. The molecule has 3 rings (SSSR count). The van der Waals surface area contributed by atoms with Gasteiger partial charge in [0.25, 0.3) is 0 Å². The highest BCUT2D eigenvalue weighted by molar-refractivity contribution is 5.88. The quantitative estimate of drug-likeness (QED) is 0.734. The molecular weight excluding hydrogens is 391 g/mol. The van der Waals surface area contributed by atoms with Crippen molar-refractivity contribution in [2.24, 2.45) is 5.73 Å². The van der Waals surface area contributed by atoms with Crippen molar-refractivity contribution in [3.63, 3.8) is 0 Å². The molecule has 0 radical (unpaired) electrons. The Morgan fingerprint density at radius 2 is 1.62 bits per heavy atom. The van der Waals surface area contributed by atoms with Gasteiger partial charge in [-0.2, -0.15) is 0 Å². The molecule has 4 nitrogen and oxygen atoms in total. The summed E-state index contributed by atoms with van der Waals surface area (Å²) >= 11 is 0. The van der Waals surface area contributed by atoms with Gasteiger partial charge in [-0.15, -0.1) is 12.4 Å². The molecule has 6 heteroatoms. The Morgan fingerprint density at radius 1 is 1.07 bits per heavy atom. The second kappa shape index (κ2) is 10.2. The van der Waals surface area contributed by atoms with E-state index < -0.39 is 5.41 Å². The van der Waals surface area contributed by atoms with Crippen molar-refractivity contribution in [3.8, 4) is 0 Å². The summed E-state index contributed by atoms with van der Waals surface area (Å²) < 4.78 is 18.8. The first-order valence-corrected chi connectivity index (χ1v) is 9.90. The van der Waals surface area contributed by atoms with E-state index in [1.165, 1.54) is 17.7 Å². The lowest BCUT2D eigenvalue weighted by molar-refractivity contribution is -0.130. The van der Waals surface area contributed by atoms with Crippen LogP contribution in [0.4, 0.5) is 4.39 Å². The van der Waals surface area contributed by atoms with Crippen molar-refractivity contribution in [1.82, 2.24) is 5.32 Å². The van der Waals surface area contributed by atoms with Crippen molar-refractivity contribution in [2.45, 2.75) is 44.1 Å². The smallest absolute Gasteiger partial charge is 0.230 e. The number of nitrogens with two attached hydrogens (primary N) is 1. The van der Waals surface area contributed by atoms with Crippen LogP contribution in [0.5, 0.6) is 0 Å². The maximum Gasteiger partial charge on any atom is 0.230 e. The molecule has 1 atom stereocenters. The van der Waals surface area contributed by atoms with E-state index in [2.05, 4.69) is 31.3 Å². The molecular formula is C23H30ClFN2O2. The van der Waals surface area contributed by atoms with Crippen LogP contribution in [0.3, 0.4) is 0 Å². The maximum absolute atomic E-state index is 13.4. The lowest BCUT2D eigenvalue weighted by Gasteiger charge is -2.36. The summed E-state index contributed by atoms with van der Waals surface area (Å²) in [4.78, 5) is 13.2. The molecule has 1 amide bonds. The Balaban J connectivity index is 0.00000300. The predicted molar refractivity (Wildman–Crippen MR) is 116 cm³/mol. The molecule has 1 heterocycles. The summed E-state index contributed by atoms with van der Waals surface area (Å²) in [5.74, 6) is 0.0870. The third-order valence-electron chi connectivity index (χ3n) is 5.69.